The maximum Gasteiger partial charge on any atom is 0.254 e. The lowest BCUT2D eigenvalue weighted by molar-refractivity contribution is 0.0161. The fourth-order valence-electron chi connectivity index (χ4n) is 3.26. The van der Waals surface area contributed by atoms with Gasteiger partial charge in [-0.1, -0.05) is 0 Å². The van der Waals surface area contributed by atoms with E-state index in [1.165, 1.54) is 0 Å². The molecular formula is C15H22N2O2S. The van der Waals surface area contributed by atoms with Crippen LogP contribution in [0.25, 0.3) is 0 Å². The smallest absolute Gasteiger partial charge is 0.254 e. The van der Waals surface area contributed by atoms with Gasteiger partial charge in [-0.15, -0.1) is 0 Å². The molecule has 0 N–H and O–H groups in total. The minimum Gasteiger partial charge on any atom is -0.379 e. The second kappa shape index (κ2) is 5.84. The predicted octanol–water partition coefficient (Wildman–Crippen LogP) is 1.93. The quantitative estimate of drug-likeness (QED) is 0.793. The monoisotopic (exact) mass is 294 g/mol. The summed E-state index contributed by atoms with van der Waals surface area (Å²) in [5.74, 6) is 0.184. The van der Waals surface area contributed by atoms with Crippen molar-refractivity contribution in [2.45, 2.75) is 12.8 Å². The van der Waals surface area contributed by atoms with Gasteiger partial charge in [0.05, 0.1) is 18.8 Å². The first-order chi connectivity index (χ1) is 9.69. The van der Waals surface area contributed by atoms with Gasteiger partial charge in [0.25, 0.3) is 5.91 Å². The van der Waals surface area contributed by atoms with Crippen LogP contribution in [0, 0.1) is 5.41 Å². The first-order valence-corrected chi connectivity index (χ1v) is 8.21. The third-order valence-corrected chi connectivity index (χ3v) is 5.19. The molecular weight excluding hydrogens is 272 g/mol. The summed E-state index contributed by atoms with van der Waals surface area (Å²) in [6.45, 7) is 5.48. The van der Waals surface area contributed by atoms with Crippen molar-refractivity contribution in [1.29, 1.82) is 0 Å². The number of nitrogens with zero attached hydrogens (tertiary/aromatic N) is 2. The average molecular weight is 294 g/mol. The van der Waals surface area contributed by atoms with Crippen molar-refractivity contribution < 1.29 is 9.53 Å². The highest BCUT2D eigenvalue weighted by Crippen LogP contribution is 2.34. The molecule has 0 saturated carbocycles. The van der Waals surface area contributed by atoms with Gasteiger partial charge in [0, 0.05) is 37.0 Å². The number of likely N-dealkylation sites (N-methyl/N-ethyl adjacent to an activating group) is 1. The molecule has 20 heavy (non-hydrogen) atoms. The molecule has 0 atom stereocenters. The van der Waals surface area contributed by atoms with Gasteiger partial charge in [-0.05, 0) is 31.3 Å². The van der Waals surface area contributed by atoms with Crippen LogP contribution in [0.5, 0.6) is 0 Å². The average Bonchev–Trinajstić information content (AvgIpc) is 2.92. The summed E-state index contributed by atoms with van der Waals surface area (Å²) in [4.78, 5) is 16.7. The zero-order valence-corrected chi connectivity index (χ0v) is 12.8. The maximum atomic E-state index is 12.4. The summed E-state index contributed by atoms with van der Waals surface area (Å²) in [6.07, 6.45) is 2.10. The van der Waals surface area contributed by atoms with Crippen LogP contribution < -0.4 is 0 Å². The van der Waals surface area contributed by atoms with Crippen LogP contribution in [0.1, 0.15) is 23.2 Å². The first kappa shape index (κ1) is 14.0. The van der Waals surface area contributed by atoms with E-state index >= 15 is 0 Å². The minimum atomic E-state index is 0.184. The van der Waals surface area contributed by atoms with Gasteiger partial charge in [0.1, 0.15) is 0 Å². The minimum absolute atomic E-state index is 0.184. The van der Waals surface area contributed by atoms with Gasteiger partial charge in [0.15, 0.2) is 0 Å². The number of ether oxygens (including phenoxy) is 1. The molecule has 0 aliphatic carbocycles. The predicted molar refractivity (Wildman–Crippen MR) is 80.2 cm³/mol. The van der Waals surface area contributed by atoms with Crippen LogP contribution in [-0.2, 0) is 4.74 Å². The van der Waals surface area contributed by atoms with Crippen LogP contribution in [0.3, 0.4) is 0 Å². The molecule has 1 aromatic rings. The number of piperidine rings is 1. The fourth-order valence-corrected chi connectivity index (χ4v) is 3.89. The topological polar surface area (TPSA) is 32.8 Å². The first-order valence-electron chi connectivity index (χ1n) is 7.26. The lowest BCUT2D eigenvalue weighted by Crippen LogP contribution is -2.48. The largest absolute Gasteiger partial charge is 0.379 e. The summed E-state index contributed by atoms with van der Waals surface area (Å²) in [7, 11) is 2.17. The zero-order valence-electron chi connectivity index (χ0n) is 12.0. The molecule has 2 fully saturated rings. The van der Waals surface area contributed by atoms with E-state index < -0.39 is 0 Å². The van der Waals surface area contributed by atoms with Crippen molar-refractivity contribution in [3.05, 3.63) is 22.4 Å². The molecule has 3 heterocycles. The van der Waals surface area contributed by atoms with Gasteiger partial charge in [-0.3, -0.25) is 4.79 Å². The van der Waals surface area contributed by atoms with E-state index in [2.05, 4.69) is 11.9 Å². The molecule has 0 bridgehead atoms. The Morgan fingerprint density at radius 1 is 1.35 bits per heavy atom. The zero-order chi connectivity index (χ0) is 14.0. The second-order valence-corrected chi connectivity index (χ2v) is 6.87. The molecule has 5 heteroatoms. The van der Waals surface area contributed by atoms with Gasteiger partial charge in [-0.25, -0.2) is 0 Å². The number of carbonyl (C=O) groups excluding carboxylic acids is 1. The van der Waals surface area contributed by atoms with Crippen LogP contribution in [0.2, 0.25) is 0 Å². The fraction of sp³-hybridized carbons (Fsp3) is 0.667. The van der Waals surface area contributed by atoms with Crippen LogP contribution in [0.15, 0.2) is 16.8 Å². The molecule has 0 aromatic carbocycles. The molecule has 0 radical (unpaired) electrons. The van der Waals surface area contributed by atoms with Crippen LogP contribution in [0.4, 0.5) is 0 Å². The molecule has 2 saturated heterocycles. The SMILES string of the molecule is CN1CCOCC2(CCN(C(=O)c3ccsc3)CC2)C1. The van der Waals surface area contributed by atoms with Crippen molar-refractivity contribution in [3.63, 3.8) is 0 Å². The van der Waals surface area contributed by atoms with E-state index in [9.17, 15) is 4.79 Å². The molecule has 4 nitrogen and oxygen atoms in total. The summed E-state index contributed by atoms with van der Waals surface area (Å²) in [5, 5.41) is 3.90. The Bertz CT molecular complexity index is 452. The van der Waals surface area contributed by atoms with E-state index in [-0.39, 0.29) is 11.3 Å². The highest BCUT2D eigenvalue weighted by atomic mass is 32.1. The molecule has 2 aliphatic heterocycles. The molecule has 3 rings (SSSR count). The Morgan fingerprint density at radius 2 is 2.15 bits per heavy atom. The van der Waals surface area contributed by atoms with Crippen molar-refractivity contribution in [3.8, 4) is 0 Å². The Hall–Kier alpha value is -0.910. The number of rotatable bonds is 1. The lowest BCUT2D eigenvalue weighted by atomic mass is 9.78. The Labute approximate surface area is 124 Å². The van der Waals surface area contributed by atoms with Gasteiger partial charge in [-0.2, -0.15) is 11.3 Å². The number of hydrogen-bond donors (Lipinski definition) is 0. The second-order valence-electron chi connectivity index (χ2n) is 6.09. The third kappa shape index (κ3) is 2.90. The normalized spacial score (nSPS) is 23.8. The number of likely N-dealkylation sites (tertiary alicyclic amines) is 1. The Balaban J connectivity index is 1.62. The van der Waals surface area contributed by atoms with Crippen molar-refractivity contribution >= 4 is 17.2 Å². The number of amides is 1. The van der Waals surface area contributed by atoms with E-state index in [0.717, 1.165) is 57.8 Å². The van der Waals surface area contributed by atoms with Crippen molar-refractivity contribution in [1.82, 2.24) is 9.80 Å². The van der Waals surface area contributed by atoms with E-state index in [4.69, 9.17) is 4.74 Å². The molecule has 110 valence electrons. The Morgan fingerprint density at radius 3 is 2.85 bits per heavy atom. The van der Waals surface area contributed by atoms with Crippen molar-refractivity contribution in [2.75, 3.05) is 46.4 Å². The van der Waals surface area contributed by atoms with E-state index in [1.807, 2.05) is 21.7 Å². The van der Waals surface area contributed by atoms with Gasteiger partial charge in [0.2, 0.25) is 0 Å². The van der Waals surface area contributed by atoms with Crippen molar-refractivity contribution in [2.24, 2.45) is 5.41 Å². The van der Waals surface area contributed by atoms with Crippen LogP contribution >= 0.6 is 11.3 Å². The lowest BCUT2D eigenvalue weighted by Gasteiger charge is -2.42. The molecule has 0 unspecified atom stereocenters. The standard InChI is InChI=1S/C15H22N2O2S/c1-16-7-8-19-12-15(11-16)3-5-17(6-4-15)14(18)13-2-9-20-10-13/h2,9-10H,3-8,11-12H2,1H3. The summed E-state index contributed by atoms with van der Waals surface area (Å²) < 4.78 is 5.78. The highest BCUT2D eigenvalue weighted by molar-refractivity contribution is 7.08. The van der Waals surface area contributed by atoms with Gasteiger partial charge < -0.3 is 14.5 Å². The van der Waals surface area contributed by atoms with Gasteiger partial charge >= 0.3 is 0 Å². The third-order valence-electron chi connectivity index (χ3n) is 4.51. The van der Waals surface area contributed by atoms with E-state index in [0.29, 0.717) is 0 Å². The maximum absolute atomic E-state index is 12.4. The summed E-state index contributed by atoms with van der Waals surface area (Å²) >= 11 is 1.58. The van der Waals surface area contributed by atoms with E-state index in [1.54, 1.807) is 11.3 Å². The number of thiophene rings is 1. The summed E-state index contributed by atoms with van der Waals surface area (Å²) in [5.41, 5.74) is 1.08. The molecule has 1 aromatic heterocycles. The van der Waals surface area contributed by atoms with Crippen LogP contribution in [-0.4, -0.2) is 62.1 Å². The molecule has 1 amide bonds. The molecule has 1 spiro atoms. The Kier molecular flexibility index (Phi) is 4.10. The number of carbonyl (C=O) groups is 1. The number of hydrogen-bond acceptors (Lipinski definition) is 4. The summed E-state index contributed by atoms with van der Waals surface area (Å²) in [6, 6.07) is 1.92. The molecule has 2 aliphatic rings. The highest BCUT2D eigenvalue weighted by Gasteiger charge is 2.38.